The zero-order chi connectivity index (χ0) is 24.1. The number of halogens is 3. The Bertz CT molecular complexity index is 992. The number of hydrogen-bond donors (Lipinski definition) is 1. The molecule has 2 saturated heterocycles. The largest absolute Gasteiger partial charge is 0.573 e. The van der Waals surface area contributed by atoms with Crippen LogP contribution in [0.3, 0.4) is 0 Å². The molecule has 2 fully saturated rings. The van der Waals surface area contributed by atoms with E-state index in [1.54, 1.807) is 4.90 Å². The zero-order valence-electron chi connectivity index (χ0n) is 18.8. The number of ether oxygens (including phenoxy) is 1. The minimum Gasteiger partial charge on any atom is -0.405 e. The Kier molecular flexibility index (Phi) is 7.41. The summed E-state index contributed by atoms with van der Waals surface area (Å²) in [6, 6.07) is 15.9. The van der Waals surface area contributed by atoms with Crippen molar-refractivity contribution in [3.63, 3.8) is 0 Å². The van der Waals surface area contributed by atoms with E-state index in [4.69, 9.17) is 0 Å². The normalized spacial score (nSPS) is 19.7. The smallest absolute Gasteiger partial charge is 0.405 e. The van der Waals surface area contributed by atoms with Crippen LogP contribution in [0.4, 0.5) is 13.2 Å². The van der Waals surface area contributed by atoms with Gasteiger partial charge < -0.3 is 15.0 Å². The topological polar surface area (TPSA) is 61.9 Å². The highest BCUT2D eigenvalue weighted by molar-refractivity contribution is 5.98. The fourth-order valence-corrected chi connectivity index (χ4v) is 4.82. The fraction of sp³-hybridized carbons (Fsp3) is 0.440. The van der Waals surface area contributed by atoms with Crippen LogP contribution < -0.4 is 10.1 Å². The van der Waals surface area contributed by atoms with Crippen molar-refractivity contribution >= 4 is 11.8 Å². The molecule has 0 radical (unpaired) electrons. The number of alkyl halides is 3. The first-order valence-corrected chi connectivity index (χ1v) is 11.5. The number of piperidine rings is 1. The SMILES string of the molecule is O=C(NCC(=O)N1CCC(N2CCC(c3ccccc3)CC2)C1)c1ccccc1OC(F)(F)F. The van der Waals surface area contributed by atoms with Gasteiger partial charge in [0.25, 0.3) is 5.91 Å². The Morgan fingerprint density at radius 1 is 0.941 bits per heavy atom. The van der Waals surface area contributed by atoms with Crippen LogP contribution in [-0.4, -0.2) is 66.7 Å². The van der Waals surface area contributed by atoms with Gasteiger partial charge in [0, 0.05) is 19.1 Å². The molecule has 0 spiro atoms. The molecule has 0 aliphatic carbocycles. The number of likely N-dealkylation sites (tertiary alicyclic amines) is 2. The highest BCUT2D eigenvalue weighted by atomic mass is 19.4. The second-order valence-corrected chi connectivity index (χ2v) is 8.73. The lowest BCUT2D eigenvalue weighted by atomic mass is 9.89. The van der Waals surface area contributed by atoms with Gasteiger partial charge in [-0.1, -0.05) is 42.5 Å². The second-order valence-electron chi connectivity index (χ2n) is 8.73. The molecule has 2 aliphatic heterocycles. The van der Waals surface area contributed by atoms with E-state index in [1.807, 2.05) is 6.07 Å². The Hall–Kier alpha value is -3.07. The molecule has 0 aromatic heterocycles. The van der Waals surface area contributed by atoms with Crippen molar-refractivity contribution in [3.8, 4) is 5.75 Å². The number of carbonyl (C=O) groups is 2. The van der Waals surface area contributed by atoms with Gasteiger partial charge in [-0.2, -0.15) is 0 Å². The van der Waals surface area contributed by atoms with Crippen molar-refractivity contribution in [2.24, 2.45) is 0 Å². The number of benzene rings is 2. The maximum absolute atomic E-state index is 12.6. The Labute approximate surface area is 196 Å². The third kappa shape index (κ3) is 6.08. The van der Waals surface area contributed by atoms with Gasteiger partial charge in [-0.15, -0.1) is 13.2 Å². The van der Waals surface area contributed by atoms with Crippen LogP contribution >= 0.6 is 0 Å². The number of amides is 2. The van der Waals surface area contributed by atoms with Crippen molar-refractivity contribution in [2.45, 2.75) is 37.6 Å². The lowest BCUT2D eigenvalue weighted by Gasteiger charge is -2.36. The van der Waals surface area contributed by atoms with Crippen LogP contribution in [0.2, 0.25) is 0 Å². The maximum atomic E-state index is 12.6. The van der Waals surface area contributed by atoms with Gasteiger partial charge in [-0.25, -0.2) is 0 Å². The summed E-state index contributed by atoms with van der Waals surface area (Å²) in [6.45, 7) is 2.89. The molecule has 2 aromatic carbocycles. The molecule has 9 heteroatoms. The van der Waals surface area contributed by atoms with E-state index in [0.717, 1.165) is 38.4 Å². The summed E-state index contributed by atoms with van der Waals surface area (Å²) in [4.78, 5) is 29.2. The summed E-state index contributed by atoms with van der Waals surface area (Å²) < 4.78 is 41.7. The molecule has 1 unspecified atom stereocenters. The van der Waals surface area contributed by atoms with Crippen molar-refractivity contribution in [1.29, 1.82) is 0 Å². The summed E-state index contributed by atoms with van der Waals surface area (Å²) in [5.74, 6) is -1.06. The molecule has 4 rings (SSSR count). The lowest BCUT2D eigenvalue weighted by molar-refractivity contribution is -0.274. The molecule has 0 bridgehead atoms. The Balaban J connectivity index is 1.25. The summed E-state index contributed by atoms with van der Waals surface area (Å²) in [6.07, 6.45) is -1.86. The van der Waals surface area contributed by atoms with Gasteiger partial charge in [0.15, 0.2) is 0 Å². The highest BCUT2D eigenvalue weighted by Gasteiger charge is 2.34. The first kappa shape index (κ1) is 24.1. The van der Waals surface area contributed by atoms with E-state index < -0.39 is 18.0 Å². The summed E-state index contributed by atoms with van der Waals surface area (Å²) in [5.41, 5.74) is 1.11. The number of carbonyl (C=O) groups excluding carboxylic acids is 2. The summed E-state index contributed by atoms with van der Waals surface area (Å²) in [5, 5.41) is 2.43. The third-order valence-corrected chi connectivity index (χ3v) is 6.59. The molecule has 2 aromatic rings. The number of para-hydroxylation sites is 1. The summed E-state index contributed by atoms with van der Waals surface area (Å²) in [7, 11) is 0. The number of rotatable bonds is 6. The van der Waals surface area contributed by atoms with Crippen molar-refractivity contribution in [1.82, 2.24) is 15.1 Å². The van der Waals surface area contributed by atoms with Gasteiger partial charge in [-0.05, 0) is 56.0 Å². The van der Waals surface area contributed by atoms with E-state index in [-0.39, 0.29) is 24.1 Å². The molecule has 1 atom stereocenters. The second kappa shape index (κ2) is 10.5. The molecule has 2 aliphatic rings. The maximum Gasteiger partial charge on any atom is 0.573 e. The van der Waals surface area contributed by atoms with E-state index >= 15 is 0 Å². The van der Waals surface area contributed by atoms with E-state index in [0.29, 0.717) is 19.0 Å². The summed E-state index contributed by atoms with van der Waals surface area (Å²) >= 11 is 0. The van der Waals surface area contributed by atoms with Crippen LogP contribution in [0.25, 0.3) is 0 Å². The monoisotopic (exact) mass is 475 g/mol. The van der Waals surface area contributed by atoms with Crippen molar-refractivity contribution < 1.29 is 27.5 Å². The van der Waals surface area contributed by atoms with Crippen molar-refractivity contribution in [3.05, 3.63) is 65.7 Å². The zero-order valence-corrected chi connectivity index (χ0v) is 18.8. The molecule has 6 nitrogen and oxygen atoms in total. The predicted octanol–water partition coefficient (Wildman–Crippen LogP) is 3.80. The number of hydrogen-bond acceptors (Lipinski definition) is 4. The van der Waals surface area contributed by atoms with Gasteiger partial charge in [-0.3, -0.25) is 14.5 Å². The average molecular weight is 476 g/mol. The third-order valence-electron chi connectivity index (χ3n) is 6.59. The molecule has 34 heavy (non-hydrogen) atoms. The van der Waals surface area contributed by atoms with Crippen LogP contribution in [0.1, 0.15) is 41.1 Å². The Morgan fingerprint density at radius 3 is 2.32 bits per heavy atom. The average Bonchev–Trinajstić information content (AvgIpc) is 3.33. The first-order chi connectivity index (χ1) is 16.3. The molecule has 2 heterocycles. The number of nitrogens with one attached hydrogen (secondary N) is 1. The van der Waals surface area contributed by atoms with E-state index in [9.17, 15) is 22.8 Å². The number of nitrogens with zero attached hydrogens (tertiary/aromatic N) is 2. The van der Waals surface area contributed by atoms with Crippen LogP contribution in [-0.2, 0) is 4.79 Å². The van der Waals surface area contributed by atoms with Gasteiger partial charge in [0.1, 0.15) is 5.75 Å². The van der Waals surface area contributed by atoms with Gasteiger partial charge in [0.2, 0.25) is 5.91 Å². The highest BCUT2D eigenvalue weighted by Crippen LogP contribution is 2.30. The van der Waals surface area contributed by atoms with Gasteiger partial charge in [0.05, 0.1) is 12.1 Å². The standard InChI is InChI=1S/C25H28F3N3O3/c26-25(27,28)34-22-9-5-4-8-21(22)24(33)29-16-23(32)31-15-12-20(17-31)30-13-10-19(11-14-30)18-6-2-1-3-7-18/h1-9,19-20H,10-17H2,(H,29,33). The predicted molar refractivity (Wildman–Crippen MR) is 120 cm³/mol. The van der Waals surface area contributed by atoms with Crippen molar-refractivity contribution in [2.75, 3.05) is 32.7 Å². The fourth-order valence-electron chi connectivity index (χ4n) is 4.82. The van der Waals surface area contributed by atoms with Crippen LogP contribution in [0, 0.1) is 0 Å². The molecule has 1 N–H and O–H groups in total. The molecule has 182 valence electrons. The first-order valence-electron chi connectivity index (χ1n) is 11.5. The minimum absolute atomic E-state index is 0.246. The van der Waals surface area contributed by atoms with E-state index in [1.165, 1.54) is 23.8 Å². The lowest BCUT2D eigenvalue weighted by Crippen LogP contribution is -2.44. The molecular formula is C25H28F3N3O3. The quantitative estimate of drug-likeness (QED) is 0.691. The Morgan fingerprint density at radius 2 is 1.62 bits per heavy atom. The molecule has 2 amide bonds. The minimum atomic E-state index is -4.91. The molecular weight excluding hydrogens is 447 g/mol. The molecule has 0 saturated carbocycles. The van der Waals surface area contributed by atoms with Crippen LogP contribution in [0.15, 0.2) is 54.6 Å². The van der Waals surface area contributed by atoms with Gasteiger partial charge >= 0.3 is 6.36 Å². The van der Waals surface area contributed by atoms with Crippen LogP contribution in [0.5, 0.6) is 5.75 Å². The van der Waals surface area contributed by atoms with E-state index in [2.05, 4.69) is 39.2 Å².